The van der Waals surface area contributed by atoms with E-state index < -0.39 is 0 Å². The number of aromatic nitrogens is 1. The van der Waals surface area contributed by atoms with Crippen LogP contribution in [0.1, 0.15) is 6.92 Å². The van der Waals surface area contributed by atoms with Crippen LogP contribution in [0.15, 0.2) is 41.0 Å². The van der Waals surface area contributed by atoms with E-state index in [1.54, 1.807) is 0 Å². The molecule has 1 heterocycles. The van der Waals surface area contributed by atoms with Crippen molar-refractivity contribution in [1.82, 2.24) is 0 Å². The third kappa shape index (κ3) is 1.46. The molecule has 0 aliphatic heterocycles. The minimum atomic E-state index is 0.988. The zero-order valence-electron chi connectivity index (χ0n) is 7.50. The molecule has 13 heavy (non-hydrogen) atoms. The van der Waals surface area contributed by atoms with Crippen molar-refractivity contribution in [1.29, 1.82) is 0 Å². The number of hydrogen-bond acceptors (Lipinski definition) is 0. The second kappa shape index (κ2) is 3.46. The molecule has 2 heteroatoms. The van der Waals surface area contributed by atoms with Crippen LogP contribution in [0.25, 0.3) is 10.9 Å². The van der Waals surface area contributed by atoms with Gasteiger partial charge in [0.2, 0.25) is 10.1 Å². The molecule has 0 fully saturated rings. The van der Waals surface area contributed by atoms with Gasteiger partial charge in [-0.2, -0.15) is 4.57 Å². The normalized spacial score (nSPS) is 10.6. The Bertz CT molecular complexity index is 437. The summed E-state index contributed by atoms with van der Waals surface area (Å²) in [5, 5.41) is 1.28. The third-order valence-electron chi connectivity index (χ3n) is 2.20. The zero-order chi connectivity index (χ0) is 9.26. The van der Waals surface area contributed by atoms with Gasteiger partial charge in [-0.1, -0.05) is 12.1 Å². The molecule has 0 unspecified atom stereocenters. The van der Waals surface area contributed by atoms with Crippen molar-refractivity contribution in [3.8, 4) is 0 Å². The Balaban J connectivity index is 2.84. The van der Waals surface area contributed by atoms with E-state index in [2.05, 4.69) is 63.8 Å². The highest BCUT2D eigenvalue weighted by Crippen LogP contribution is 2.13. The van der Waals surface area contributed by atoms with E-state index in [0.29, 0.717) is 0 Å². The monoisotopic (exact) mass is 236 g/mol. The van der Waals surface area contributed by atoms with Crippen molar-refractivity contribution in [3.05, 3.63) is 41.0 Å². The Morgan fingerprint density at radius 3 is 2.69 bits per heavy atom. The summed E-state index contributed by atoms with van der Waals surface area (Å²) in [7, 11) is 0. The van der Waals surface area contributed by atoms with Gasteiger partial charge < -0.3 is 0 Å². The van der Waals surface area contributed by atoms with E-state index in [4.69, 9.17) is 0 Å². The summed E-state index contributed by atoms with van der Waals surface area (Å²) in [5.74, 6) is 0. The van der Waals surface area contributed by atoms with Crippen molar-refractivity contribution < 1.29 is 4.57 Å². The Morgan fingerprint density at radius 2 is 1.92 bits per heavy atom. The predicted molar refractivity (Wildman–Crippen MR) is 57.5 cm³/mol. The van der Waals surface area contributed by atoms with Crippen LogP contribution in [0.2, 0.25) is 0 Å². The first kappa shape index (κ1) is 8.70. The highest BCUT2D eigenvalue weighted by Gasteiger charge is 2.09. The predicted octanol–water partition coefficient (Wildman–Crippen LogP) is 2.91. The van der Waals surface area contributed by atoms with Crippen LogP contribution in [0.5, 0.6) is 0 Å². The van der Waals surface area contributed by atoms with Crippen molar-refractivity contribution in [2.45, 2.75) is 13.5 Å². The van der Waals surface area contributed by atoms with Crippen molar-refractivity contribution in [2.24, 2.45) is 0 Å². The fourth-order valence-corrected chi connectivity index (χ4v) is 2.13. The minimum absolute atomic E-state index is 0.988. The molecule has 66 valence electrons. The van der Waals surface area contributed by atoms with Crippen LogP contribution in [0.4, 0.5) is 0 Å². The van der Waals surface area contributed by atoms with Crippen molar-refractivity contribution >= 4 is 26.8 Å². The first-order valence-electron chi connectivity index (χ1n) is 4.40. The van der Waals surface area contributed by atoms with Crippen LogP contribution in [0.3, 0.4) is 0 Å². The summed E-state index contributed by atoms with van der Waals surface area (Å²) in [6.45, 7) is 3.14. The number of nitrogens with zero attached hydrogens (tertiary/aromatic N) is 1. The van der Waals surface area contributed by atoms with Crippen LogP contribution in [0, 0.1) is 0 Å². The molecule has 1 aromatic carbocycles. The second-order valence-electron chi connectivity index (χ2n) is 2.96. The molecular formula is C11H11BrN+. The summed E-state index contributed by atoms with van der Waals surface area (Å²) in [6, 6.07) is 12.6. The van der Waals surface area contributed by atoms with Crippen LogP contribution in [-0.4, -0.2) is 0 Å². The van der Waals surface area contributed by atoms with E-state index >= 15 is 0 Å². The van der Waals surface area contributed by atoms with Gasteiger partial charge in [-0.15, -0.1) is 0 Å². The van der Waals surface area contributed by atoms with Crippen LogP contribution >= 0.6 is 15.9 Å². The first-order valence-corrected chi connectivity index (χ1v) is 5.19. The quantitative estimate of drug-likeness (QED) is 0.530. The van der Waals surface area contributed by atoms with E-state index in [9.17, 15) is 0 Å². The summed E-state index contributed by atoms with van der Waals surface area (Å²) < 4.78 is 3.38. The molecule has 0 N–H and O–H groups in total. The molecule has 0 saturated heterocycles. The summed E-state index contributed by atoms with van der Waals surface area (Å²) >= 11 is 3.54. The molecule has 0 radical (unpaired) electrons. The summed E-state index contributed by atoms with van der Waals surface area (Å²) in [6.07, 6.45) is 0. The van der Waals surface area contributed by atoms with Gasteiger partial charge in [-0.25, -0.2) is 0 Å². The summed E-state index contributed by atoms with van der Waals surface area (Å²) in [5.41, 5.74) is 1.28. The Labute approximate surface area is 86.1 Å². The lowest BCUT2D eigenvalue weighted by atomic mass is 10.2. The molecule has 1 nitrogen and oxygen atoms in total. The number of pyridine rings is 1. The number of hydrogen-bond donors (Lipinski definition) is 0. The minimum Gasteiger partial charge on any atom is -0.186 e. The summed E-state index contributed by atoms with van der Waals surface area (Å²) in [4.78, 5) is 0. The number of benzene rings is 1. The van der Waals surface area contributed by atoms with Gasteiger partial charge in [-0.3, -0.25) is 0 Å². The largest absolute Gasteiger partial charge is 0.248 e. The molecular weight excluding hydrogens is 226 g/mol. The van der Waals surface area contributed by atoms with E-state index in [1.807, 2.05) is 0 Å². The second-order valence-corrected chi connectivity index (χ2v) is 3.77. The van der Waals surface area contributed by atoms with Crippen LogP contribution < -0.4 is 4.57 Å². The number of aryl methyl sites for hydroxylation is 1. The van der Waals surface area contributed by atoms with Gasteiger partial charge in [0.05, 0.1) is 0 Å². The molecule has 0 aliphatic rings. The van der Waals surface area contributed by atoms with Crippen molar-refractivity contribution in [3.63, 3.8) is 0 Å². The fourth-order valence-electron chi connectivity index (χ4n) is 1.56. The van der Waals surface area contributed by atoms with Gasteiger partial charge in [0.25, 0.3) is 0 Å². The maximum Gasteiger partial charge on any atom is 0.248 e. The van der Waals surface area contributed by atoms with E-state index in [-0.39, 0.29) is 0 Å². The first-order chi connectivity index (χ1) is 6.33. The molecule has 2 rings (SSSR count). The highest BCUT2D eigenvalue weighted by molar-refractivity contribution is 9.10. The van der Waals surface area contributed by atoms with Gasteiger partial charge >= 0.3 is 0 Å². The maximum absolute atomic E-state index is 3.54. The van der Waals surface area contributed by atoms with Crippen LogP contribution in [-0.2, 0) is 6.54 Å². The maximum atomic E-state index is 3.54. The molecule has 0 bridgehead atoms. The van der Waals surface area contributed by atoms with Crippen molar-refractivity contribution in [2.75, 3.05) is 0 Å². The van der Waals surface area contributed by atoms with Gasteiger partial charge in [0.15, 0.2) is 0 Å². The molecule has 0 atom stereocenters. The lowest BCUT2D eigenvalue weighted by Gasteiger charge is -1.99. The third-order valence-corrected chi connectivity index (χ3v) is 2.89. The topological polar surface area (TPSA) is 3.88 Å². The number of rotatable bonds is 1. The zero-order valence-corrected chi connectivity index (χ0v) is 9.08. The van der Waals surface area contributed by atoms with Gasteiger partial charge in [0, 0.05) is 33.4 Å². The molecule has 0 spiro atoms. The van der Waals surface area contributed by atoms with Gasteiger partial charge in [-0.05, 0) is 19.1 Å². The molecule has 1 aromatic heterocycles. The standard InChI is InChI=1S/C11H11BrN/c1-2-13-10-6-4-3-5-9(10)7-8-11(13)12/h3-8H,2H2,1H3/q+1. The smallest absolute Gasteiger partial charge is 0.186 e. The molecule has 2 aromatic rings. The fraction of sp³-hybridized carbons (Fsp3) is 0.182. The number of fused-ring (bicyclic) bond motifs is 1. The SMILES string of the molecule is CC[n+]1c(Br)ccc2ccccc21. The Morgan fingerprint density at radius 1 is 1.15 bits per heavy atom. The number of para-hydroxylation sites is 1. The lowest BCUT2D eigenvalue weighted by molar-refractivity contribution is -0.678. The lowest BCUT2D eigenvalue weighted by Crippen LogP contribution is -2.34. The Kier molecular flexibility index (Phi) is 2.32. The highest BCUT2D eigenvalue weighted by atomic mass is 79.9. The van der Waals surface area contributed by atoms with E-state index in [1.165, 1.54) is 10.9 Å². The average Bonchev–Trinajstić information content (AvgIpc) is 2.18. The average molecular weight is 237 g/mol. The van der Waals surface area contributed by atoms with E-state index in [0.717, 1.165) is 11.1 Å². The van der Waals surface area contributed by atoms with Gasteiger partial charge in [0.1, 0.15) is 6.54 Å². The number of halogens is 1. The molecule has 0 saturated carbocycles. The molecule has 0 amide bonds. The molecule has 0 aliphatic carbocycles. The Hall–Kier alpha value is -0.890.